The summed E-state index contributed by atoms with van der Waals surface area (Å²) in [4.78, 5) is 0.120. The van der Waals surface area contributed by atoms with Crippen molar-refractivity contribution in [2.75, 3.05) is 7.11 Å². The second-order valence-corrected chi connectivity index (χ2v) is 8.89. The monoisotopic (exact) mass is 409 g/mol. The Morgan fingerprint density at radius 3 is 2.41 bits per heavy atom. The average molecular weight is 411 g/mol. The van der Waals surface area contributed by atoms with Gasteiger partial charge in [0, 0.05) is 17.1 Å². The van der Waals surface area contributed by atoms with Crippen LogP contribution in [0.5, 0.6) is 5.75 Å². The number of hydrogen-bond acceptors (Lipinski definition) is 3. The summed E-state index contributed by atoms with van der Waals surface area (Å²) in [5, 5.41) is 0.362. The molecule has 0 spiro atoms. The zero-order valence-electron chi connectivity index (χ0n) is 13.0. The summed E-state index contributed by atoms with van der Waals surface area (Å²) in [6.45, 7) is 3.81. The average Bonchev–Trinajstić information content (AvgIpc) is 2.90. The molecule has 0 aromatic heterocycles. The summed E-state index contributed by atoms with van der Waals surface area (Å²) in [6, 6.07) is 3.03. The molecule has 1 saturated carbocycles. The van der Waals surface area contributed by atoms with E-state index >= 15 is 0 Å². The second-order valence-electron chi connectivity index (χ2n) is 5.79. The molecule has 1 aromatic rings. The third-order valence-electron chi connectivity index (χ3n) is 3.93. The number of sulfonamides is 1. The van der Waals surface area contributed by atoms with Crippen LogP contribution in [0.25, 0.3) is 0 Å². The summed E-state index contributed by atoms with van der Waals surface area (Å²) in [7, 11) is -2.22. The van der Waals surface area contributed by atoms with E-state index in [0.717, 1.165) is 25.7 Å². The van der Waals surface area contributed by atoms with Crippen LogP contribution in [0, 0.1) is 0 Å². The van der Waals surface area contributed by atoms with Crippen molar-refractivity contribution in [1.82, 2.24) is 4.31 Å². The van der Waals surface area contributed by atoms with Gasteiger partial charge < -0.3 is 4.74 Å². The van der Waals surface area contributed by atoms with Crippen LogP contribution < -0.4 is 4.74 Å². The molecule has 124 valence electrons. The largest absolute Gasteiger partial charge is 0.494 e. The minimum absolute atomic E-state index is 0.0486. The van der Waals surface area contributed by atoms with Crippen molar-refractivity contribution in [3.63, 3.8) is 0 Å². The molecule has 0 heterocycles. The van der Waals surface area contributed by atoms with Gasteiger partial charge in [0.25, 0.3) is 0 Å². The first-order valence-electron chi connectivity index (χ1n) is 7.35. The Balaban J connectivity index is 2.57. The highest BCUT2D eigenvalue weighted by molar-refractivity contribution is 9.10. The fourth-order valence-corrected chi connectivity index (χ4v) is 6.35. The molecule has 1 aromatic carbocycles. The van der Waals surface area contributed by atoms with Gasteiger partial charge in [-0.25, -0.2) is 8.42 Å². The number of methoxy groups -OCH3 is 1. The first kappa shape index (κ1) is 18.0. The van der Waals surface area contributed by atoms with Gasteiger partial charge in [-0.05, 0) is 54.8 Å². The van der Waals surface area contributed by atoms with E-state index in [2.05, 4.69) is 15.9 Å². The third-order valence-corrected chi connectivity index (χ3v) is 6.87. The number of rotatable bonds is 5. The van der Waals surface area contributed by atoms with E-state index in [-0.39, 0.29) is 17.0 Å². The molecule has 0 saturated heterocycles. The van der Waals surface area contributed by atoms with Gasteiger partial charge >= 0.3 is 0 Å². The van der Waals surface area contributed by atoms with Crippen molar-refractivity contribution in [1.29, 1.82) is 0 Å². The maximum absolute atomic E-state index is 13.2. The first-order valence-corrected chi connectivity index (χ1v) is 9.96. The molecule has 4 nitrogen and oxygen atoms in total. The molecule has 7 heteroatoms. The predicted molar refractivity (Wildman–Crippen MR) is 92.1 cm³/mol. The summed E-state index contributed by atoms with van der Waals surface area (Å²) < 4.78 is 33.9. The van der Waals surface area contributed by atoms with E-state index in [1.54, 1.807) is 10.4 Å². The van der Waals surface area contributed by atoms with Crippen molar-refractivity contribution in [3.8, 4) is 5.75 Å². The Labute approximate surface area is 146 Å². The van der Waals surface area contributed by atoms with E-state index in [1.165, 1.54) is 13.2 Å². The molecule has 0 N–H and O–H groups in total. The highest BCUT2D eigenvalue weighted by Gasteiger charge is 2.37. The van der Waals surface area contributed by atoms with Gasteiger partial charge in [0.1, 0.15) is 4.90 Å². The molecule has 0 bridgehead atoms. The van der Waals surface area contributed by atoms with Crippen LogP contribution in [0.2, 0.25) is 5.02 Å². The van der Waals surface area contributed by atoms with Crippen LogP contribution in [0.3, 0.4) is 0 Å². The van der Waals surface area contributed by atoms with Gasteiger partial charge in [-0.15, -0.1) is 0 Å². The molecule has 2 rings (SSSR count). The lowest BCUT2D eigenvalue weighted by molar-refractivity contribution is 0.274. The minimum atomic E-state index is -3.68. The van der Waals surface area contributed by atoms with Gasteiger partial charge in [-0.3, -0.25) is 0 Å². The molecule has 0 unspecified atom stereocenters. The summed E-state index contributed by atoms with van der Waals surface area (Å²) in [5.74, 6) is 0.299. The Bertz CT molecular complexity index is 642. The molecule has 1 aliphatic carbocycles. The van der Waals surface area contributed by atoms with Crippen molar-refractivity contribution in [2.45, 2.75) is 56.5 Å². The molecule has 22 heavy (non-hydrogen) atoms. The Morgan fingerprint density at radius 1 is 1.32 bits per heavy atom. The highest BCUT2D eigenvalue weighted by atomic mass is 79.9. The molecule has 1 aliphatic rings. The number of benzene rings is 1. The zero-order chi connectivity index (χ0) is 16.5. The molecular formula is C15H21BrClNO3S. The second kappa shape index (κ2) is 7.07. The number of hydrogen-bond donors (Lipinski definition) is 0. The van der Waals surface area contributed by atoms with Crippen LogP contribution in [-0.4, -0.2) is 31.9 Å². The maximum Gasteiger partial charge on any atom is 0.247 e. The Kier molecular flexibility index (Phi) is 5.80. The molecule has 1 fully saturated rings. The number of halogens is 2. The molecular weight excluding hydrogens is 390 g/mol. The van der Waals surface area contributed by atoms with Crippen LogP contribution in [0.1, 0.15) is 39.5 Å². The van der Waals surface area contributed by atoms with Crippen molar-refractivity contribution >= 4 is 37.6 Å². The zero-order valence-corrected chi connectivity index (χ0v) is 16.1. The van der Waals surface area contributed by atoms with Gasteiger partial charge in [0.05, 0.1) is 11.6 Å². The van der Waals surface area contributed by atoms with Crippen LogP contribution in [0.15, 0.2) is 21.5 Å². The van der Waals surface area contributed by atoms with E-state index in [4.69, 9.17) is 16.3 Å². The summed E-state index contributed by atoms with van der Waals surface area (Å²) in [5.41, 5.74) is 0. The summed E-state index contributed by atoms with van der Waals surface area (Å²) in [6.07, 6.45) is 3.95. The lowest BCUT2D eigenvalue weighted by Crippen LogP contribution is -2.43. The number of ether oxygens (including phenoxy) is 1. The van der Waals surface area contributed by atoms with Gasteiger partial charge in [-0.2, -0.15) is 4.31 Å². The Morgan fingerprint density at radius 2 is 1.91 bits per heavy atom. The molecule has 0 radical (unpaired) electrons. The van der Waals surface area contributed by atoms with Crippen molar-refractivity contribution < 1.29 is 13.2 Å². The molecule has 0 aliphatic heterocycles. The quantitative estimate of drug-likeness (QED) is 0.720. The smallest absolute Gasteiger partial charge is 0.247 e. The summed E-state index contributed by atoms with van der Waals surface area (Å²) >= 11 is 9.39. The van der Waals surface area contributed by atoms with Crippen molar-refractivity contribution in [2.24, 2.45) is 0 Å². The van der Waals surface area contributed by atoms with Crippen LogP contribution >= 0.6 is 27.5 Å². The van der Waals surface area contributed by atoms with E-state index in [1.807, 2.05) is 13.8 Å². The molecule has 0 atom stereocenters. The topological polar surface area (TPSA) is 46.6 Å². The normalized spacial score (nSPS) is 16.7. The minimum Gasteiger partial charge on any atom is -0.494 e. The number of nitrogens with zero attached hydrogens (tertiary/aromatic N) is 1. The van der Waals surface area contributed by atoms with Gasteiger partial charge in [0.2, 0.25) is 10.0 Å². The van der Waals surface area contributed by atoms with Gasteiger partial charge in [-0.1, -0.05) is 24.4 Å². The maximum atomic E-state index is 13.2. The van der Waals surface area contributed by atoms with E-state index in [0.29, 0.717) is 15.2 Å². The van der Waals surface area contributed by atoms with Crippen LogP contribution in [-0.2, 0) is 10.0 Å². The van der Waals surface area contributed by atoms with E-state index < -0.39 is 10.0 Å². The standard InChI is InChI=1S/C15H21BrClNO3S/c1-10(2)18(12-6-4-5-7-12)22(19,20)14-9-11(17)8-13(16)15(14)21-3/h8-10,12H,4-7H2,1-3H3. The Hall–Kier alpha value is -0.300. The van der Waals surface area contributed by atoms with E-state index in [9.17, 15) is 8.42 Å². The predicted octanol–water partition coefficient (Wildman–Crippen LogP) is 4.45. The molecule has 0 amide bonds. The lowest BCUT2D eigenvalue weighted by Gasteiger charge is -2.32. The fourth-order valence-electron chi connectivity index (χ4n) is 3.09. The van der Waals surface area contributed by atoms with Crippen molar-refractivity contribution in [3.05, 3.63) is 21.6 Å². The fraction of sp³-hybridized carbons (Fsp3) is 0.600. The van der Waals surface area contributed by atoms with Gasteiger partial charge in [0.15, 0.2) is 5.75 Å². The third kappa shape index (κ3) is 3.45. The SMILES string of the molecule is COc1c(Br)cc(Cl)cc1S(=O)(=O)N(C(C)C)C1CCCC1. The van der Waals surface area contributed by atoms with Crippen LogP contribution in [0.4, 0.5) is 0 Å². The first-order chi connectivity index (χ1) is 10.3. The lowest BCUT2D eigenvalue weighted by atomic mass is 10.2. The highest BCUT2D eigenvalue weighted by Crippen LogP contribution is 2.39.